The normalized spacial score (nSPS) is 12.2. The Labute approximate surface area is 133 Å². The topological polar surface area (TPSA) is 103 Å². The maximum Gasteiger partial charge on any atom is 0.293 e. The molecule has 1 unspecified atom stereocenters. The molecule has 0 radical (unpaired) electrons. The molecule has 2 aromatic rings. The molecule has 8 nitrogen and oxygen atoms in total. The molecule has 2 heterocycles. The maximum atomic E-state index is 12.6. The van der Waals surface area contributed by atoms with Crippen molar-refractivity contribution in [2.24, 2.45) is 0 Å². The van der Waals surface area contributed by atoms with Crippen molar-refractivity contribution in [2.45, 2.75) is 53.1 Å². The van der Waals surface area contributed by atoms with Crippen molar-refractivity contribution < 1.29 is 9.42 Å². The monoisotopic (exact) mass is 319 g/mol. The van der Waals surface area contributed by atoms with Crippen LogP contribution in [-0.2, 0) is 17.8 Å². The van der Waals surface area contributed by atoms with Gasteiger partial charge in [-0.15, -0.1) is 0 Å². The molecule has 1 N–H and O–H groups in total. The van der Waals surface area contributed by atoms with E-state index >= 15 is 0 Å². The Bertz CT molecular complexity index is 750. The number of hydrogen-bond acceptors (Lipinski definition) is 7. The minimum atomic E-state index is -0.480. The van der Waals surface area contributed by atoms with Crippen molar-refractivity contribution in [2.75, 3.05) is 5.32 Å². The molecule has 0 spiro atoms. The van der Waals surface area contributed by atoms with E-state index in [0.717, 1.165) is 5.69 Å². The highest BCUT2D eigenvalue weighted by molar-refractivity contribution is 5.79. The Hall–Kier alpha value is -2.51. The van der Waals surface area contributed by atoms with E-state index in [1.54, 1.807) is 13.1 Å². The molecule has 0 fully saturated rings. The van der Waals surface area contributed by atoms with Crippen LogP contribution >= 0.6 is 0 Å². The molecule has 0 aliphatic carbocycles. The van der Waals surface area contributed by atoms with Crippen molar-refractivity contribution >= 4 is 11.6 Å². The Kier molecular flexibility index (Phi) is 5.25. The lowest BCUT2D eigenvalue weighted by atomic mass is 10.1. The van der Waals surface area contributed by atoms with Gasteiger partial charge in [-0.2, -0.15) is 0 Å². The molecule has 2 aromatic heterocycles. The van der Waals surface area contributed by atoms with Crippen LogP contribution in [-0.4, -0.2) is 25.6 Å². The minimum Gasteiger partial charge on any atom is -0.360 e. The first-order valence-corrected chi connectivity index (χ1v) is 7.62. The van der Waals surface area contributed by atoms with Crippen LogP contribution in [0.15, 0.2) is 15.6 Å². The first kappa shape index (κ1) is 16.9. The Morgan fingerprint density at radius 1 is 1.39 bits per heavy atom. The highest BCUT2D eigenvalue weighted by Gasteiger charge is 2.19. The molecule has 0 aliphatic rings. The fourth-order valence-electron chi connectivity index (χ4n) is 2.34. The van der Waals surface area contributed by atoms with Gasteiger partial charge in [-0.3, -0.25) is 9.59 Å². The fraction of sp³-hybridized carbons (Fsp3) is 0.533. The number of Topliss-reactive ketones (excluding diaryl/α,β-unsaturated/α-hetero) is 1. The van der Waals surface area contributed by atoms with Crippen LogP contribution in [0.25, 0.3) is 0 Å². The summed E-state index contributed by atoms with van der Waals surface area (Å²) < 4.78 is 6.09. The van der Waals surface area contributed by atoms with Gasteiger partial charge in [0.25, 0.3) is 5.56 Å². The van der Waals surface area contributed by atoms with Gasteiger partial charge in [0.1, 0.15) is 11.4 Å². The highest BCUT2D eigenvalue weighted by Crippen LogP contribution is 2.13. The predicted molar refractivity (Wildman–Crippen MR) is 84.2 cm³/mol. The summed E-state index contributed by atoms with van der Waals surface area (Å²) in [6.07, 6.45) is 2.87. The maximum absolute atomic E-state index is 12.6. The third-order valence-electron chi connectivity index (χ3n) is 3.70. The van der Waals surface area contributed by atoms with Gasteiger partial charge in [0.15, 0.2) is 11.6 Å². The number of rotatable bonds is 7. The van der Waals surface area contributed by atoms with E-state index in [1.165, 1.54) is 11.5 Å². The average molecular weight is 319 g/mol. The summed E-state index contributed by atoms with van der Waals surface area (Å²) >= 11 is 0. The predicted octanol–water partition coefficient (Wildman–Crippen LogP) is 1.65. The number of aryl methyl sites for hydroxylation is 2. The van der Waals surface area contributed by atoms with Gasteiger partial charge >= 0.3 is 0 Å². The van der Waals surface area contributed by atoms with Gasteiger partial charge in [-0.1, -0.05) is 24.2 Å². The molecule has 8 heteroatoms. The van der Waals surface area contributed by atoms with Crippen LogP contribution in [0.2, 0.25) is 0 Å². The van der Waals surface area contributed by atoms with Crippen LogP contribution in [0.5, 0.6) is 0 Å². The molecule has 2 rings (SSSR count). The van der Waals surface area contributed by atoms with Crippen molar-refractivity contribution in [1.82, 2.24) is 19.9 Å². The Morgan fingerprint density at radius 3 is 2.65 bits per heavy atom. The van der Waals surface area contributed by atoms with E-state index < -0.39 is 6.04 Å². The van der Waals surface area contributed by atoms with Crippen LogP contribution in [0.1, 0.15) is 50.3 Å². The Balaban J connectivity index is 2.37. The lowest BCUT2D eigenvalue weighted by molar-refractivity contribution is -0.120. The minimum absolute atomic E-state index is 0.0506. The van der Waals surface area contributed by atoms with E-state index in [4.69, 9.17) is 0 Å². The summed E-state index contributed by atoms with van der Waals surface area (Å²) in [6, 6.07) is -0.480. The molecule has 0 bridgehead atoms. The summed E-state index contributed by atoms with van der Waals surface area (Å²) in [5.74, 6) is 0.150. The lowest BCUT2D eigenvalue weighted by Gasteiger charge is -2.17. The van der Waals surface area contributed by atoms with Crippen LogP contribution < -0.4 is 10.9 Å². The van der Waals surface area contributed by atoms with Gasteiger partial charge < -0.3 is 9.88 Å². The van der Waals surface area contributed by atoms with E-state index in [-0.39, 0.29) is 23.7 Å². The second-order valence-corrected chi connectivity index (χ2v) is 5.33. The molecule has 0 saturated carbocycles. The number of carbonyl (C=O) groups is 1. The second-order valence-electron chi connectivity index (χ2n) is 5.33. The van der Waals surface area contributed by atoms with Crippen LogP contribution in [0.3, 0.4) is 0 Å². The summed E-state index contributed by atoms with van der Waals surface area (Å²) in [4.78, 5) is 28.7. The van der Waals surface area contributed by atoms with Crippen molar-refractivity contribution in [1.29, 1.82) is 0 Å². The molecular formula is C15H21N5O3. The zero-order valence-corrected chi connectivity index (χ0v) is 13.8. The van der Waals surface area contributed by atoms with Gasteiger partial charge in [0.2, 0.25) is 0 Å². The zero-order valence-electron chi connectivity index (χ0n) is 13.8. The van der Waals surface area contributed by atoms with Gasteiger partial charge in [0.05, 0.1) is 18.3 Å². The summed E-state index contributed by atoms with van der Waals surface area (Å²) in [7, 11) is 0. The van der Waals surface area contributed by atoms with Gasteiger partial charge in [-0.25, -0.2) is 9.61 Å². The highest BCUT2D eigenvalue weighted by atomic mass is 16.6. The van der Waals surface area contributed by atoms with Gasteiger partial charge in [0, 0.05) is 6.20 Å². The number of nitrogens with zero attached hydrogens (tertiary/aromatic N) is 4. The molecule has 0 aromatic carbocycles. The summed E-state index contributed by atoms with van der Waals surface area (Å²) in [5, 5.41) is 10.4. The number of carbonyl (C=O) groups excluding carboxylic acids is 1. The molecule has 23 heavy (non-hydrogen) atoms. The molecule has 0 aliphatic heterocycles. The first-order chi connectivity index (χ1) is 11.0. The number of aromatic nitrogens is 4. The third kappa shape index (κ3) is 3.64. The molecule has 0 amide bonds. The largest absolute Gasteiger partial charge is 0.360 e. The summed E-state index contributed by atoms with van der Waals surface area (Å²) in [6.45, 7) is 7.36. The van der Waals surface area contributed by atoms with Crippen molar-refractivity contribution in [3.63, 3.8) is 0 Å². The number of anilines is 1. The molecule has 1 atom stereocenters. The van der Waals surface area contributed by atoms with Crippen LogP contribution in [0, 0.1) is 6.92 Å². The standard InChI is InChI=1S/C15H21N5O3/c1-5-11-8-20(13(6-2)10(4)21)15(22)14(17-11)16-7-12-9(3)18-23-19-12/h8,13H,5-7H2,1-4H3,(H,16,17). The molecule has 0 saturated heterocycles. The third-order valence-corrected chi connectivity index (χ3v) is 3.70. The smallest absolute Gasteiger partial charge is 0.293 e. The SMILES string of the molecule is CCc1cn(C(CC)C(C)=O)c(=O)c(NCc2nonc2C)n1. The van der Waals surface area contributed by atoms with Crippen LogP contribution in [0.4, 0.5) is 5.82 Å². The molecule has 124 valence electrons. The fourth-order valence-corrected chi connectivity index (χ4v) is 2.34. The zero-order chi connectivity index (χ0) is 17.0. The quantitative estimate of drug-likeness (QED) is 0.827. The molecular weight excluding hydrogens is 298 g/mol. The summed E-state index contributed by atoms with van der Waals surface area (Å²) in [5.41, 5.74) is 1.68. The number of hydrogen-bond donors (Lipinski definition) is 1. The average Bonchev–Trinajstić information content (AvgIpc) is 2.93. The van der Waals surface area contributed by atoms with Crippen molar-refractivity contribution in [3.8, 4) is 0 Å². The van der Waals surface area contributed by atoms with Gasteiger partial charge in [-0.05, 0) is 26.7 Å². The lowest BCUT2D eigenvalue weighted by Crippen LogP contribution is -2.31. The second kappa shape index (κ2) is 7.17. The van der Waals surface area contributed by atoms with E-state index in [2.05, 4.69) is 25.2 Å². The van der Waals surface area contributed by atoms with E-state index in [0.29, 0.717) is 24.2 Å². The number of ketones is 1. The van der Waals surface area contributed by atoms with Crippen molar-refractivity contribution in [3.05, 3.63) is 33.6 Å². The first-order valence-electron chi connectivity index (χ1n) is 7.62. The van der Waals surface area contributed by atoms with E-state index in [1.807, 2.05) is 13.8 Å². The van der Waals surface area contributed by atoms with E-state index in [9.17, 15) is 9.59 Å². The Morgan fingerprint density at radius 2 is 2.13 bits per heavy atom. The number of nitrogens with one attached hydrogen (secondary N) is 1.